The van der Waals surface area contributed by atoms with Crippen molar-refractivity contribution in [3.8, 4) is 0 Å². The lowest BCUT2D eigenvalue weighted by Crippen LogP contribution is -2.34. The lowest BCUT2D eigenvalue weighted by Gasteiger charge is -2.11. The van der Waals surface area contributed by atoms with Gasteiger partial charge in [0.05, 0.1) is 5.69 Å². The minimum atomic E-state index is -0.798. The van der Waals surface area contributed by atoms with E-state index in [-0.39, 0.29) is 0 Å². The molecule has 13 heavy (non-hydrogen) atoms. The zero-order valence-electron chi connectivity index (χ0n) is 6.61. The first-order valence-corrected chi connectivity index (χ1v) is 4.24. The molecule has 0 unspecified atom stereocenters. The van der Waals surface area contributed by atoms with Crippen LogP contribution in [-0.2, 0) is 4.79 Å². The number of rotatable bonds is 2. The van der Waals surface area contributed by atoms with Crippen molar-refractivity contribution in [2.24, 2.45) is 5.73 Å². The van der Waals surface area contributed by atoms with Gasteiger partial charge in [0.2, 0.25) is 6.41 Å². The Bertz CT molecular complexity index is 341. The summed E-state index contributed by atoms with van der Waals surface area (Å²) in [5.41, 5.74) is 5.41. The molecular weight excluding hydrogens is 236 g/mol. The molecule has 0 saturated carbocycles. The quantitative estimate of drug-likeness (QED) is 0.799. The van der Waals surface area contributed by atoms with E-state index >= 15 is 0 Å². The van der Waals surface area contributed by atoms with Gasteiger partial charge in [-0.05, 0) is 18.2 Å². The van der Waals surface area contributed by atoms with Crippen molar-refractivity contribution in [1.29, 1.82) is 0 Å². The fraction of sp³-hybridized carbons (Fsp3) is 0. The number of nitrogens with zero attached hydrogens (tertiary/aromatic N) is 1. The highest BCUT2D eigenvalue weighted by Gasteiger charge is 2.10. The van der Waals surface area contributed by atoms with Gasteiger partial charge in [-0.25, -0.2) is 9.69 Å². The van der Waals surface area contributed by atoms with Gasteiger partial charge in [-0.2, -0.15) is 0 Å². The highest BCUT2D eigenvalue weighted by molar-refractivity contribution is 9.10. The Hall–Kier alpha value is -1.36. The molecular formula is C8H7BrN2O2. The second kappa shape index (κ2) is 4.04. The summed E-state index contributed by atoms with van der Waals surface area (Å²) < 4.78 is 0.776. The van der Waals surface area contributed by atoms with Crippen LogP contribution in [0.2, 0.25) is 0 Å². The van der Waals surface area contributed by atoms with Crippen LogP contribution in [-0.4, -0.2) is 12.4 Å². The first kappa shape index (κ1) is 9.73. The van der Waals surface area contributed by atoms with Gasteiger partial charge in [-0.1, -0.05) is 22.0 Å². The molecule has 68 valence electrons. The highest BCUT2D eigenvalue weighted by Crippen LogP contribution is 2.18. The maximum atomic E-state index is 10.7. The Labute approximate surface area is 83.5 Å². The van der Waals surface area contributed by atoms with E-state index in [0.717, 1.165) is 9.37 Å². The van der Waals surface area contributed by atoms with Crippen LogP contribution < -0.4 is 10.6 Å². The molecule has 0 saturated heterocycles. The zero-order chi connectivity index (χ0) is 9.84. The predicted octanol–water partition coefficient (Wildman–Crippen LogP) is 1.49. The molecule has 3 amide bonds. The summed E-state index contributed by atoms with van der Waals surface area (Å²) in [5.74, 6) is 0. The molecule has 1 aromatic rings. The smallest absolute Gasteiger partial charge is 0.325 e. The molecule has 0 aliphatic carbocycles. The maximum Gasteiger partial charge on any atom is 0.325 e. The average Bonchev–Trinajstić information content (AvgIpc) is 2.04. The van der Waals surface area contributed by atoms with Crippen LogP contribution in [0.5, 0.6) is 0 Å². The highest BCUT2D eigenvalue weighted by atomic mass is 79.9. The molecule has 0 fully saturated rings. The Kier molecular flexibility index (Phi) is 3.02. The number of carbonyl (C=O) groups excluding carboxylic acids is 2. The van der Waals surface area contributed by atoms with E-state index in [0.29, 0.717) is 12.1 Å². The molecule has 2 N–H and O–H groups in total. The van der Waals surface area contributed by atoms with Gasteiger partial charge in [0.25, 0.3) is 0 Å². The summed E-state index contributed by atoms with van der Waals surface area (Å²) in [6.45, 7) is 0. The maximum absolute atomic E-state index is 10.7. The fourth-order valence-electron chi connectivity index (χ4n) is 0.866. The lowest BCUT2D eigenvalue weighted by atomic mass is 10.3. The fourth-order valence-corrected chi connectivity index (χ4v) is 1.25. The summed E-state index contributed by atoms with van der Waals surface area (Å²) >= 11 is 3.21. The van der Waals surface area contributed by atoms with Crippen molar-refractivity contribution in [2.45, 2.75) is 0 Å². The molecule has 0 aliphatic heterocycles. The van der Waals surface area contributed by atoms with Crippen LogP contribution in [0, 0.1) is 0 Å². The van der Waals surface area contributed by atoms with Crippen molar-refractivity contribution >= 4 is 34.1 Å². The first-order valence-electron chi connectivity index (χ1n) is 3.44. The summed E-state index contributed by atoms with van der Waals surface area (Å²) in [6, 6.07) is 5.93. The Balaban J connectivity index is 3.04. The molecule has 1 rings (SSSR count). The van der Waals surface area contributed by atoms with Crippen LogP contribution in [0.4, 0.5) is 10.5 Å². The Morgan fingerprint density at radius 1 is 1.54 bits per heavy atom. The number of nitrogens with two attached hydrogens (primary N) is 1. The van der Waals surface area contributed by atoms with Gasteiger partial charge in [0.15, 0.2) is 0 Å². The number of benzene rings is 1. The monoisotopic (exact) mass is 242 g/mol. The molecule has 0 atom stereocenters. The molecule has 4 nitrogen and oxygen atoms in total. The third-order valence-electron chi connectivity index (χ3n) is 1.43. The minimum Gasteiger partial charge on any atom is -0.351 e. The number of halogens is 1. The zero-order valence-corrected chi connectivity index (χ0v) is 8.19. The number of carbonyl (C=O) groups is 2. The van der Waals surface area contributed by atoms with E-state index in [1.807, 2.05) is 0 Å². The molecule has 0 radical (unpaired) electrons. The van der Waals surface area contributed by atoms with Crippen molar-refractivity contribution < 1.29 is 9.59 Å². The van der Waals surface area contributed by atoms with E-state index in [4.69, 9.17) is 5.73 Å². The molecule has 5 heteroatoms. The molecule has 0 heterocycles. The lowest BCUT2D eigenvalue weighted by molar-refractivity contribution is -0.106. The molecule has 0 bridgehead atoms. The van der Waals surface area contributed by atoms with Gasteiger partial charge in [-0.3, -0.25) is 4.79 Å². The molecule has 0 spiro atoms. The Morgan fingerprint density at radius 3 is 2.69 bits per heavy atom. The molecule has 1 aromatic carbocycles. The number of hydrogen-bond acceptors (Lipinski definition) is 2. The van der Waals surface area contributed by atoms with Crippen LogP contribution in [0.1, 0.15) is 0 Å². The topological polar surface area (TPSA) is 63.4 Å². The Morgan fingerprint density at radius 2 is 2.23 bits per heavy atom. The number of primary amides is 1. The number of imide groups is 1. The standard InChI is InChI=1S/C8H7BrN2O2/c9-6-2-1-3-7(4-6)11(5-12)8(10)13/h1-5H,(H2,10,13). The van der Waals surface area contributed by atoms with Crippen molar-refractivity contribution in [1.82, 2.24) is 0 Å². The van der Waals surface area contributed by atoms with Crippen LogP contribution in [0.3, 0.4) is 0 Å². The van der Waals surface area contributed by atoms with E-state index in [2.05, 4.69) is 15.9 Å². The van der Waals surface area contributed by atoms with E-state index < -0.39 is 6.03 Å². The van der Waals surface area contributed by atoms with Crippen molar-refractivity contribution in [3.05, 3.63) is 28.7 Å². The second-order valence-electron chi connectivity index (χ2n) is 2.29. The van der Waals surface area contributed by atoms with Crippen molar-refractivity contribution in [3.63, 3.8) is 0 Å². The van der Waals surface area contributed by atoms with Gasteiger partial charge >= 0.3 is 6.03 Å². The third kappa shape index (κ3) is 2.29. The van der Waals surface area contributed by atoms with E-state index in [1.165, 1.54) is 0 Å². The first-order chi connectivity index (χ1) is 6.15. The predicted molar refractivity (Wildman–Crippen MR) is 52.3 cm³/mol. The van der Waals surface area contributed by atoms with Gasteiger partial charge in [0, 0.05) is 4.47 Å². The number of hydrogen-bond donors (Lipinski definition) is 1. The largest absolute Gasteiger partial charge is 0.351 e. The van der Waals surface area contributed by atoms with Crippen LogP contribution >= 0.6 is 15.9 Å². The summed E-state index contributed by atoms with van der Waals surface area (Å²) in [6.07, 6.45) is 0.379. The SMILES string of the molecule is NC(=O)N(C=O)c1cccc(Br)c1. The van der Waals surface area contributed by atoms with Gasteiger partial charge in [-0.15, -0.1) is 0 Å². The average molecular weight is 243 g/mol. The normalized spacial score (nSPS) is 9.31. The number of amides is 3. The summed E-state index contributed by atoms with van der Waals surface area (Å²) in [5, 5.41) is 0. The van der Waals surface area contributed by atoms with Gasteiger partial charge < -0.3 is 5.73 Å². The summed E-state index contributed by atoms with van der Waals surface area (Å²) in [4.78, 5) is 22.0. The van der Waals surface area contributed by atoms with E-state index in [1.54, 1.807) is 24.3 Å². The summed E-state index contributed by atoms with van der Waals surface area (Å²) in [7, 11) is 0. The number of anilines is 1. The number of urea groups is 1. The van der Waals surface area contributed by atoms with Crippen LogP contribution in [0.15, 0.2) is 28.7 Å². The second-order valence-corrected chi connectivity index (χ2v) is 3.21. The minimum absolute atomic E-state index is 0.379. The third-order valence-corrected chi connectivity index (χ3v) is 1.92. The van der Waals surface area contributed by atoms with E-state index in [9.17, 15) is 9.59 Å². The molecule has 0 aromatic heterocycles. The van der Waals surface area contributed by atoms with Gasteiger partial charge in [0.1, 0.15) is 0 Å². The van der Waals surface area contributed by atoms with Crippen molar-refractivity contribution in [2.75, 3.05) is 4.90 Å². The van der Waals surface area contributed by atoms with Crippen LogP contribution in [0.25, 0.3) is 0 Å². The molecule has 0 aliphatic rings.